The molecule has 0 aromatic carbocycles. The summed E-state index contributed by atoms with van der Waals surface area (Å²) in [6.45, 7) is 5.61. The van der Waals surface area contributed by atoms with Crippen molar-refractivity contribution in [1.82, 2.24) is 14.9 Å². The molecule has 2 rings (SSSR count). The molecule has 1 aromatic rings. The van der Waals surface area contributed by atoms with Gasteiger partial charge < -0.3 is 19.9 Å². The zero-order chi connectivity index (χ0) is 15.2. The van der Waals surface area contributed by atoms with Crippen molar-refractivity contribution >= 4 is 11.6 Å². The molecule has 0 aliphatic carbocycles. The number of nitrogens with zero attached hydrogens (tertiary/aromatic N) is 4. The van der Waals surface area contributed by atoms with Crippen LogP contribution >= 0.6 is 0 Å². The maximum Gasteiger partial charge on any atom is 0.158 e. The van der Waals surface area contributed by atoms with Gasteiger partial charge in [-0.15, -0.1) is 0 Å². The molecule has 2 heterocycles. The summed E-state index contributed by atoms with van der Waals surface area (Å²) >= 11 is 0. The van der Waals surface area contributed by atoms with E-state index in [1.54, 1.807) is 7.11 Å². The first-order valence-electron chi connectivity index (χ1n) is 7.66. The topological polar surface area (TPSA) is 53.5 Å². The number of nitrogens with one attached hydrogen (secondary N) is 1. The Morgan fingerprint density at radius 3 is 2.95 bits per heavy atom. The molecule has 118 valence electrons. The Morgan fingerprint density at radius 2 is 2.29 bits per heavy atom. The molecule has 21 heavy (non-hydrogen) atoms. The lowest BCUT2D eigenvalue weighted by atomic mass is 10.1. The van der Waals surface area contributed by atoms with Crippen LogP contribution < -0.4 is 10.2 Å². The van der Waals surface area contributed by atoms with Gasteiger partial charge in [-0.3, -0.25) is 0 Å². The zero-order valence-electron chi connectivity index (χ0n) is 13.6. The molecular formula is C15H27N5O. The second-order valence-electron chi connectivity index (χ2n) is 5.66. The van der Waals surface area contributed by atoms with E-state index in [2.05, 4.69) is 46.1 Å². The summed E-state index contributed by atoms with van der Waals surface area (Å²) in [5, 5.41) is 3.27. The Bertz CT molecular complexity index is 429. The molecule has 1 N–H and O–H groups in total. The minimum absolute atomic E-state index is 0.435. The summed E-state index contributed by atoms with van der Waals surface area (Å²) in [6, 6.07) is 2.53. The summed E-state index contributed by atoms with van der Waals surface area (Å²) in [5.74, 6) is 2.56. The van der Waals surface area contributed by atoms with E-state index in [0.29, 0.717) is 12.6 Å². The minimum Gasteiger partial charge on any atom is -0.377 e. The molecule has 1 atom stereocenters. The van der Waals surface area contributed by atoms with E-state index in [-0.39, 0.29) is 0 Å². The molecule has 1 aliphatic heterocycles. The van der Waals surface area contributed by atoms with Crippen LogP contribution in [0.1, 0.15) is 25.6 Å². The summed E-state index contributed by atoms with van der Waals surface area (Å²) in [5.41, 5.74) is 0. The number of methoxy groups -OCH3 is 1. The van der Waals surface area contributed by atoms with Gasteiger partial charge in [0.05, 0.1) is 0 Å². The number of rotatable bonds is 6. The van der Waals surface area contributed by atoms with Crippen molar-refractivity contribution in [2.45, 2.75) is 32.4 Å². The third kappa shape index (κ3) is 4.28. The van der Waals surface area contributed by atoms with E-state index in [1.807, 2.05) is 6.07 Å². The molecule has 6 heteroatoms. The summed E-state index contributed by atoms with van der Waals surface area (Å²) in [6.07, 6.45) is 2.45. The predicted molar refractivity (Wildman–Crippen MR) is 85.8 cm³/mol. The van der Waals surface area contributed by atoms with Gasteiger partial charge in [0.2, 0.25) is 0 Å². The number of likely N-dealkylation sites (N-methyl/N-ethyl adjacent to an activating group) is 2. The number of hydrogen-bond donors (Lipinski definition) is 1. The summed E-state index contributed by atoms with van der Waals surface area (Å²) in [7, 11) is 5.97. The first kappa shape index (κ1) is 16.0. The highest BCUT2D eigenvalue weighted by Crippen LogP contribution is 2.21. The Morgan fingerprint density at radius 1 is 1.48 bits per heavy atom. The number of piperidine rings is 1. The number of ether oxygens (including phenoxy) is 1. The van der Waals surface area contributed by atoms with Gasteiger partial charge in [0.25, 0.3) is 0 Å². The Labute approximate surface area is 127 Å². The van der Waals surface area contributed by atoms with E-state index < -0.39 is 0 Å². The van der Waals surface area contributed by atoms with Gasteiger partial charge in [-0.1, -0.05) is 0 Å². The van der Waals surface area contributed by atoms with Crippen LogP contribution in [0.25, 0.3) is 0 Å². The van der Waals surface area contributed by atoms with Crippen molar-refractivity contribution in [3.63, 3.8) is 0 Å². The number of aromatic nitrogens is 2. The lowest BCUT2D eigenvalue weighted by Crippen LogP contribution is -2.45. The van der Waals surface area contributed by atoms with Crippen LogP contribution in [0.2, 0.25) is 0 Å². The van der Waals surface area contributed by atoms with Gasteiger partial charge >= 0.3 is 0 Å². The maximum absolute atomic E-state index is 5.18. The predicted octanol–water partition coefficient (Wildman–Crippen LogP) is 1.59. The van der Waals surface area contributed by atoms with Crippen molar-refractivity contribution in [3.8, 4) is 0 Å². The van der Waals surface area contributed by atoms with E-state index in [0.717, 1.165) is 30.5 Å². The van der Waals surface area contributed by atoms with Gasteiger partial charge in [-0.05, 0) is 33.4 Å². The third-order valence-corrected chi connectivity index (χ3v) is 3.90. The summed E-state index contributed by atoms with van der Waals surface area (Å²) in [4.78, 5) is 13.8. The van der Waals surface area contributed by atoms with Crippen molar-refractivity contribution < 1.29 is 4.74 Å². The van der Waals surface area contributed by atoms with E-state index in [9.17, 15) is 0 Å². The average molecular weight is 293 g/mol. The fraction of sp³-hybridized carbons (Fsp3) is 0.733. The number of hydrogen-bond acceptors (Lipinski definition) is 6. The van der Waals surface area contributed by atoms with Crippen molar-refractivity contribution in [1.29, 1.82) is 0 Å². The Kier molecular flexibility index (Phi) is 5.76. The van der Waals surface area contributed by atoms with Crippen LogP contribution in [0.4, 0.5) is 11.6 Å². The van der Waals surface area contributed by atoms with Gasteiger partial charge in [0.1, 0.15) is 18.2 Å². The fourth-order valence-corrected chi connectivity index (χ4v) is 2.77. The number of anilines is 2. The van der Waals surface area contributed by atoms with Crippen molar-refractivity contribution in [3.05, 3.63) is 11.9 Å². The molecule has 0 radical (unpaired) electrons. The molecular weight excluding hydrogens is 266 g/mol. The van der Waals surface area contributed by atoms with Crippen LogP contribution in [0, 0.1) is 0 Å². The Balaban J connectivity index is 2.19. The monoisotopic (exact) mass is 293 g/mol. The third-order valence-electron chi connectivity index (χ3n) is 3.90. The molecule has 0 spiro atoms. The van der Waals surface area contributed by atoms with Crippen molar-refractivity contribution in [2.24, 2.45) is 0 Å². The molecule has 1 saturated heterocycles. The lowest BCUT2D eigenvalue weighted by Gasteiger charge is -2.36. The molecule has 1 fully saturated rings. The van der Waals surface area contributed by atoms with Gasteiger partial charge in [-0.2, -0.15) is 0 Å². The smallest absolute Gasteiger partial charge is 0.158 e. The lowest BCUT2D eigenvalue weighted by molar-refractivity contribution is 0.178. The van der Waals surface area contributed by atoms with E-state index >= 15 is 0 Å². The second kappa shape index (κ2) is 7.56. The fourth-order valence-electron chi connectivity index (χ4n) is 2.77. The van der Waals surface area contributed by atoms with Crippen molar-refractivity contribution in [2.75, 3.05) is 51.1 Å². The SMILES string of the molecule is CCNc1cc(N(C)C2CCCN(C)C2)nc(COC)n1. The Hall–Kier alpha value is -1.40. The van der Waals surface area contributed by atoms with Gasteiger partial charge in [-0.25, -0.2) is 9.97 Å². The minimum atomic E-state index is 0.435. The molecule has 1 aliphatic rings. The molecule has 6 nitrogen and oxygen atoms in total. The summed E-state index contributed by atoms with van der Waals surface area (Å²) < 4.78 is 5.18. The van der Waals surface area contributed by atoms with Gasteiger partial charge in [0, 0.05) is 39.4 Å². The zero-order valence-corrected chi connectivity index (χ0v) is 13.6. The quantitative estimate of drug-likeness (QED) is 0.859. The second-order valence-corrected chi connectivity index (χ2v) is 5.66. The van der Waals surface area contributed by atoms with Crippen LogP contribution in [0.5, 0.6) is 0 Å². The van der Waals surface area contributed by atoms with Crippen LogP contribution in [-0.4, -0.2) is 61.7 Å². The first-order valence-corrected chi connectivity index (χ1v) is 7.66. The highest BCUT2D eigenvalue weighted by Gasteiger charge is 2.22. The normalized spacial score (nSPS) is 19.5. The molecule has 0 saturated carbocycles. The van der Waals surface area contributed by atoms with E-state index in [4.69, 9.17) is 4.74 Å². The molecule has 1 unspecified atom stereocenters. The van der Waals surface area contributed by atoms with Crippen LogP contribution in [0.15, 0.2) is 6.07 Å². The van der Waals surface area contributed by atoms with Gasteiger partial charge in [0.15, 0.2) is 5.82 Å². The highest BCUT2D eigenvalue weighted by atomic mass is 16.5. The van der Waals surface area contributed by atoms with Crippen LogP contribution in [0.3, 0.4) is 0 Å². The maximum atomic E-state index is 5.18. The first-order chi connectivity index (χ1) is 10.1. The molecule has 0 bridgehead atoms. The van der Waals surface area contributed by atoms with Crippen LogP contribution in [-0.2, 0) is 11.3 Å². The number of likely N-dealkylation sites (tertiary alicyclic amines) is 1. The molecule has 0 amide bonds. The molecule has 1 aromatic heterocycles. The average Bonchev–Trinajstić information content (AvgIpc) is 2.47. The highest BCUT2D eigenvalue weighted by molar-refractivity contribution is 5.49. The van der Waals surface area contributed by atoms with E-state index in [1.165, 1.54) is 19.4 Å². The standard InChI is InChI=1S/C15H27N5O/c1-5-16-13-9-15(18-14(17-13)11-21-4)20(3)12-7-6-8-19(2)10-12/h9,12H,5-8,10-11H2,1-4H3,(H,16,17,18). The largest absolute Gasteiger partial charge is 0.377 e.